The highest BCUT2D eigenvalue weighted by molar-refractivity contribution is 6.32. The first-order valence-electron chi connectivity index (χ1n) is 8.69. The number of ether oxygens (including phenoxy) is 3. The summed E-state index contributed by atoms with van der Waals surface area (Å²) < 4.78 is 16.4. The predicted octanol–water partition coefficient (Wildman–Crippen LogP) is 4.26. The molecule has 0 spiro atoms. The van der Waals surface area contributed by atoms with Gasteiger partial charge < -0.3 is 19.5 Å². The van der Waals surface area contributed by atoms with Gasteiger partial charge in [-0.05, 0) is 49.2 Å². The van der Waals surface area contributed by atoms with Crippen molar-refractivity contribution in [2.45, 2.75) is 13.8 Å². The summed E-state index contributed by atoms with van der Waals surface area (Å²) in [5.41, 5.74) is 1.81. The molecule has 0 fully saturated rings. The van der Waals surface area contributed by atoms with E-state index in [4.69, 9.17) is 25.8 Å². The highest BCUT2D eigenvalue weighted by Crippen LogP contribution is 2.36. The third-order valence-electron chi connectivity index (χ3n) is 3.72. The van der Waals surface area contributed by atoms with Crippen molar-refractivity contribution >= 4 is 23.6 Å². The number of nitrogens with one attached hydrogen (secondary N) is 1. The molecule has 0 bridgehead atoms. The molecule has 0 aliphatic heterocycles. The van der Waals surface area contributed by atoms with Crippen molar-refractivity contribution in [1.29, 1.82) is 0 Å². The zero-order valence-electron chi connectivity index (χ0n) is 15.8. The average Bonchev–Trinajstić information content (AvgIpc) is 2.65. The van der Waals surface area contributed by atoms with Gasteiger partial charge in [0.2, 0.25) is 5.91 Å². The second-order valence-electron chi connectivity index (χ2n) is 5.71. The molecule has 0 saturated carbocycles. The number of methoxy groups -OCH3 is 1. The van der Waals surface area contributed by atoms with Gasteiger partial charge in [0, 0.05) is 6.08 Å². The lowest BCUT2D eigenvalue weighted by molar-refractivity contribution is -0.116. The molecule has 0 unspecified atom stereocenters. The number of hydrogen-bond acceptors (Lipinski definition) is 4. The van der Waals surface area contributed by atoms with Gasteiger partial charge in [0.05, 0.1) is 25.3 Å². The van der Waals surface area contributed by atoms with Crippen LogP contribution in [0, 0.1) is 6.92 Å². The number of halogens is 1. The predicted molar refractivity (Wildman–Crippen MR) is 108 cm³/mol. The van der Waals surface area contributed by atoms with Crippen LogP contribution < -0.4 is 19.5 Å². The van der Waals surface area contributed by atoms with Crippen molar-refractivity contribution in [2.24, 2.45) is 0 Å². The highest BCUT2D eigenvalue weighted by atomic mass is 35.5. The minimum atomic E-state index is -0.215. The van der Waals surface area contributed by atoms with E-state index < -0.39 is 0 Å². The summed E-state index contributed by atoms with van der Waals surface area (Å²) in [6.45, 7) is 5.15. The first kappa shape index (κ1) is 20.6. The fraction of sp³-hybridized carbons (Fsp3) is 0.286. The maximum Gasteiger partial charge on any atom is 0.244 e. The minimum absolute atomic E-state index is 0.215. The number of hydrogen-bond donors (Lipinski definition) is 1. The molecule has 27 heavy (non-hydrogen) atoms. The Kier molecular flexibility index (Phi) is 8.01. The Labute approximate surface area is 164 Å². The molecule has 0 heterocycles. The quantitative estimate of drug-likeness (QED) is 0.514. The lowest BCUT2D eigenvalue weighted by atomic mass is 10.2. The average molecular weight is 390 g/mol. The molecule has 0 saturated heterocycles. The molecule has 0 atom stereocenters. The lowest BCUT2D eigenvalue weighted by Gasteiger charge is -2.11. The normalized spacial score (nSPS) is 10.7. The molecule has 0 radical (unpaired) electrons. The molecule has 144 valence electrons. The van der Waals surface area contributed by atoms with Crippen LogP contribution in [0.2, 0.25) is 5.02 Å². The number of para-hydroxylation sites is 1. The van der Waals surface area contributed by atoms with Crippen LogP contribution in [0.25, 0.3) is 6.08 Å². The molecule has 2 aromatic rings. The monoisotopic (exact) mass is 389 g/mol. The number of aryl methyl sites for hydroxylation is 1. The summed E-state index contributed by atoms with van der Waals surface area (Å²) in [5.74, 6) is 1.62. The van der Waals surface area contributed by atoms with E-state index >= 15 is 0 Å². The van der Waals surface area contributed by atoms with Crippen molar-refractivity contribution in [3.05, 3.63) is 58.6 Å². The van der Waals surface area contributed by atoms with Crippen molar-refractivity contribution < 1.29 is 19.0 Å². The Morgan fingerprint density at radius 1 is 1.19 bits per heavy atom. The van der Waals surface area contributed by atoms with E-state index in [0.717, 1.165) is 16.9 Å². The standard InChI is InChI=1S/C21H24ClNO4/c1-4-26-19-14-16(13-17(22)21(19)25-3)9-10-20(24)23-11-12-27-18-8-6-5-7-15(18)2/h5-10,13-14H,4,11-12H2,1-3H3,(H,23,24)/b10-9+. The summed E-state index contributed by atoms with van der Waals surface area (Å²) in [5, 5.41) is 3.21. The molecule has 1 N–H and O–H groups in total. The van der Waals surface area contributed by atoms with Gasteiger partial charge in [-0.1, -0.05) is 29.8 Å². The fourth-order valence-corrected chi connectivity index (χ4v) is 2.73. The summed E-state index contributed by atoms with van der Waals surface area (Å²) in [6, 6.07) is 11.2. The van der Waals surface area contributed by atoms with E-state index in [9.17, 15) is 4.79 Å². The van der Waals surface area contributed by atoms with Crippen molar-refractivity contribution in [1.82, 2.24) is 5.32 Å². The minimum Gasteiger partial charge on any atom is -0.491 e. The highest BCUT2D eigenvalue weighted by Gasteiger charge is 2.10. The zero-order chi connectivity index (χ0) is 19.6. The van der Waals surface area contributed by atoms with Gasteiger partial charge in [-0.15, -0.1) is 0 Å². The number of benzene rings is 2. The van der Waals surface area contributed by atoms with Crippen molar-refractivity contribution in [3.63, 3.8) is 0 Å². The molecule has 2 aromatic carbocycles. The SMILES string of the molecule is CCOc1cc(/C=C/C(=O)NCCOc2ccccc2C)cc(Cl)c1OC. The van der Waals surface area contributed by atoms with E-state index in [0.29, 0.717) is 36.3 Å². The first-order valence-corrected chi connectivity index (χ1v) is 9.07. The van der Waals surface area contributed by atoms with Crippen LogP contribution in [0.4, 0.5) is 0 Å². The lowest BCUT2D eigenvalue weighted by Crippen LogP contribution is -2.26. The smallest absolute Gasteiger partial charge is 0.244 e. The maximum absolute atomic E-state index is 12.0. The van der Waals surface area contributed by atoms with Crippen molar-refractivity contribution in [2.75, 3.05) is 26.9 Å². The summed E-state index contributed by atoms with van der Waals surface area (Å²) in [6.07, 6.45) is 3.12. The molecule has 0 aliphatic rings. The fourth-order valence-electron chi connectivity index (χ4n) is 2.43. The Morgan fingerprint density at radius 2 is 1.96 bits per heavy atom. The number of amides is 1. The second-order valence-corrected chi connectivity index (χ2v) is 6.11. The summed E-state index contributed by atoms with van der Waals surface area (Å²) >= 11 is 6.20. The number of rotatable bonds is 9. The van der Waals surface area contributed by atoms with Gasteiger partial charge >= 0.3 is 0 Å². The van der Waals surface area contributed by atoms with Crippen LogP contribution in [0.15, 0.2) is 42.5 Å². The van der Waals surface area contributed by atoms with Gasteiger partial charge in [0.1, 0.15) is 12.4 Å². The molecular formula is C21H24ClNO4. The largest absolute Gasteiger partial charge is 0.491 e. The van der Waals surface area contributed by atoms with Gasteiger partial charge in [-0.3, -0.25) is 4.79 Å². The molecule has 0 aliphatic carbocycles. The van der Waals surface area contributed by atoms with Crippen LogP contribution >= 0.6 is 11.6 Å². The van der Waals surface area contributed by atoms with E-state index in [1.54, 1.807) is 18.2 Å². The van der Waals surface area contributed by atoms with Crippen LogP contribution in [0.1, 0.15) is 18.1 Å². The van der Waals surface area contributed by atoms with E-state index in [1.807, 2.05) is 38.1 Å². The topological polar surface area (TPSA) is 56.8 Å². The van der Waals surface area contributed by atoms with Gasteiger partial charge in [0.25, 0.3) is 0 Å². The molecular weight excluding hydrogens is 366 g/mol. The maximum atomic E-state index is 12.0. The Balaban J connectivity index is 1.88. The van der Waals surface area contributed by atoms with E-state index in [-0.39, 0.29) is 5.91 Å². The molecule has 2 rings (SSSR count). The van der Waals surface area contributed by atoms with Gasteiger partial charge in [0.15, 0.2) is 11.5 Å². The molecule has 5 nitrogen and oxygen atoms in total. The third kappa shape index (κ3) is 6.22. The van der Waals surface area contributed by atoms with Gasteiger partial charge in [-0.2, -0.15) is 0 Å². The zero-order valence-corrected chi connectivity index (χ0v) is 16.5. The summed E-state index contributed by atoms with van der Waals surface area (Å²) in [7, 11) is 1.53. The molecule has 0 aromatic heterocycles. The Morgan fingerprint density at radius 3 is 2.67 bits per heavy atom. The number of carbonyl (C=O) groups excluding carboxylic acids is 1. The van der Waals surface area contributed by atoms with Gasteiger partial charge in [-0.25, -0.2) is 0 Å². The van der Waals surface area contributed by atoms with Crippen LogP contribution in [0.3, 0.4) is 0 Å². The van der Waals surface area contributed by atoms with Crippen LogP contribution in [-0.2, 0) is 4.79 Å². The van der Waals surface area contributed by atoms with Crippen molar-refractivity contribution in [3.8, 4) is 17.2 Å². The first-order chi connectivity index (χ1) is 13.0. The number of carbonyl (C=O) groups is 1. The summed E-state index contributed by atoms with van der Waals surface area (Å²) in [4.78, 5) is 12.0. The van der Waals surface area contributed by atoms with Crippen LogP contribution in [0.5, 0.6) is 17.2 Å². The van der Waals surface area contributed by atoms with E-state index in [2.05, 4.69) is 5.32 Å². The Hall–Kier alpha value is -2.66. The van der Waals surface area contributed by atoms with Crippen LogP contribution in [-0.4, -0.2) is 32.8 Å². The Bertz CT molecular complexity index is 805. The van der Waals surface area contributed by atoms with E-state index in [1.165, 1.54) is 13.2 Å². The second kappa shape index (κ2) is 10.5. The molecule has 1 amide bonds. The molecule has 6 heteroatoms. The third-order valence-corrected chi connectivity index (χ3v) is 4.00.